The van der Waals surface area contributed by atoms with Crippen molar-refractivity contribution in [1.82, 2.24) is 3.97 Å². The Hall–Kier alpha value is -1.88. The first-order chi connectivity index (χ1) is 8.91. The molecule has 3 rings (SSSR count). The number of allylic oxidation sites excluding steroid dienone is 1. The van der Waals surface area contributed by atoms with E-state index in [1.165, 1.54) is 3.97 Å². The summed E-state index contributed by atoms with van der Waals surface area (Å²) in [5, 5.41) is 0.689. The summed E-state index contributed by atoms with van der Waals surface area (Å²) in [7, 11) is -3.43. The van der Waals surface area contributed by atoms with Crippen molar-refractivity contribution in [2.75, 3.05) is 6.26 Å². The van der Waals surface area contributed by atoms with E-state index in [-0.39, 0.29) is 5.78 Å². The topological polar surface area (TPSA) is 56.1 Å². The molecule has 1 aromatic heterocycles. The van der Waals surface area contributed by atoms with Gasteiger partial charge in [0.2, 0.25) is 10.0 Å². The van der Waals surface area contributed by atoms with Crippen molar-refractivity contribution < 1.29 is 13.2 Å². The number of fused-ring (bicyclic) bond motifs is 3. The van der Waals surface area contributed by atoms with Gasteiger partial charge in [0.05, 0.1) is 17.3 Å². The normalized spacial score (nSPS) is 15.8. The van der Waals surface area contributed by atoms with Crippen molar-refractivity contribution in [2.24, 2.45) is 0 Å². The van der Waals surface area contributed by atoms with Crippen LogP contribution in [0.3, 0.4) is 0 Å². The Morgan fingerprint density at radius 3 is 2.58 bits per heavy atom. The molecule has 0 N–H and O–H groups in total. The van der Waals surface area contributed by atoms with Crippen LogP contribution in [-0.2, 0) is 16.4 Å². The summed E-state index contributed by atoms with van der Waals surface area (Å²) < 4.78 is 25.3. The predicted octanol–water partition coefficient (Wildman–Crippen LogP) is 2.13. The Kier molecular flexibility index (Phi) is 2.44. The zero-order valence-corrected chi connectivity index (χ0v) is 11.3. The molecule has 0 saturated carbocycles. The SMILES string of the molecule is C=C1CCc2c(c3ccccc3n2S(C)(=O)=O)C1=O. The fourth-order valence-electron chi connectivity index (χ4n) is 2.68. The van der Waals surface area contributed by atoms with E-state index >= 15 is 0 Å². The summed E-state index contributed by atoms with van der Waals surface area (Å²) in [6.07, 6.45) is 2.20. The Morgan fingerprint density at radius 1 is 1.21 bits per heavy atom. The lowest BCUT2D eigenvalue weighted by Crippen LogP contribution is -2.19. The Bertz CT molecular complexity index is 828. The first-order valence-electron chi connectivity index (χ1n) is 5.96. The molecule has 4 nitrogen and oxygen atoms in total. The van der Waals surface area contributed by atoms with Crippen LogP contribution in [0, 0.1) is 0 Å². The molecule has 2 aromatic rings. The van der Waals surface area contributed by atoms with Crippen molar-refractivity contribution in [3.63, 3.8) is 0 Å². The summed E-state index contributed by atoms with van der Waals surface area (Å²) >= 11 is 0. The number of carbonyl (C=O) groups excluding carboxylic acids is 1. The van der Waals surface area contributed by atoms with Crippen LogP contribution in [-0.4, -0.2) is 24.4 Å². The Morgan fingerprint density at radius 2 is 1.89 bits per heavy atom. The number of hydrogen-bond donors (Lipinski definition) is 0. The molecule has 19 heavy (non-hydrogen) atoms. The van der Waals surface area contributed by atoms with Crippen LogP contribution in [0.15, 0.2) is 36.4 Å². The molecule has 98 valence electrons. The first-order valence-corrected chi connectivity index (χ1v) is 7.81. The lowest BCUT2D eigenvalue weighted by Gasteiger charge is -2.15. The molecule has 1 aromatic carbocycles. The van der Waals surface area contributed by atoms with Crippen molar-refractivity contribution >= 4 is 26.7 Å². The standard InChI is InChI=1S/C14H13NO3S/c1-9-7-8-12-13(14(9)16)10-5-3-4-6-11(10)15(12)19(2,17)18/h3-6H,1,7-8H2,2H3. The molecule has 0 bridgehead atoms. The van der Waals surface area contributed by atoms with Gasteiger partial charge in [0.25, 0.3) is 0 Å². The van der Waals surface area contributed by atoms with Crippen LogP contribution in [0.1, 0.15) is 22.5 Å². The minimum atomic E-state index is -3.43. The van der Waals surface area contributed by atoms with Gasteiger partial charge in [0.1, 0.15) is 0 Å². The highest BCUT2D eigenvalue weighted by atomic mass is 32.2. The van der Waals surface area contributed by atoms with E-state index in [4.69, 9.17) is 0 Å². The highest BCUT2D eigenvalue weighted by Crippen LogP contribution is 2.34. The summed E-state index contributed by atoms with van der Waals surface area (Å²) in [5.74, 6) is -0.139. The summed E-state index contributed by atoms with van der Waals surface area (Å²) in [4.78, 5) is 12.3. The third-order valence-corrected chi connectivity index (χ3v) is 4.55. The second-order valence-corrected chi connectivity index (χ2v) is 6.63. The minimum Gasteiger partial charge on any atom is -0.289 e. The number of para-hydroxylation sites is 1. The number of Topliss-reactive ketones (excluding diaryl/α,β-unsaturated/α-hetero) is 1. The average Bonchev–Trinajstić information content (AvgIpc) is 2.68. The van der Waals surface area contributed by atoms with Gasteiger partial charge in [-0.15, -0.1) is 0 Å². The fraction of sp³-hybridized carbons (Fsp3) is 0.214. The maximum Gasteiger partial charge on any atom is 0.236 e. The van der Waals surface area contributed by atoms with Gasteiger partial charge in [-0.2, -0.15) is 0 Å². The van der Waals surface area contributed by atoms with Crippen molar-refractivity contribution in [2.45, 2.75) is 12.8 Å². The highest BCUT2D eigenvalue weighted by Gasteiger charge is 2.30. The van der Waals surface area contributed by atoms with E-state index in [0.717, 1.165) is 6.26 Å². The van der Waals surface area contributed by atoms with E-state index in [0.29, 0.717) is 40.6 Å². The van der Waals surface area contributed by atoms with Crippen LogP contribution in [0.4, 0.5) is 0 Å². The summed E-state index contributed by atoms with van der Waals surface area (Å²) in [5.41, 5.74) is 2.19. The number of ketones is 1. The number of hydrogen-bond acceptors (Lipinski definition) is 3. The molecule has 0 fully saturated rings. The molecule has 0 unspecified atom stereocenters. The van der Waals surface area contributed by atoms with Crippen LogP contribution in [0.2, 0.25) is 0 Å². The monoisotopic (exact) mass is 275 g/mol. The second kappa shape index (κ2) is 3.81. The number of nitrogens with zero attached hydrogens (tertiary/aromatic N) is 1. The zero-order chi connectivity index (χ0) is 13.8. The first kappa shape index (κ1) is 12.2. The van der Waals surface area contributed by atoms with E-state index < -0.39 is 10.0 Å². The quantitative estimate of drug-likeness (QED) is 0.749. The van der Waals surface area contributed by atoms with E-state index in [1.807, 2.05) is 0 Å². The van der Waals surface area contributed by atoms with Crippen LogP contribution in [0.5, 0.6) is 0 Å². The van der Waals surface area contributed by atoms with Crippen molar-refractivity contribution in [3.8, 4) is 0 Å². The highest BCUT2D eigenvalue weighted by molar-refractivity contribution is 7.89. The smallest absolute Gasteiger partial charge is 0.236 e. The maximum absolute atomic E-state index is 12.3. The van der Waals surface area contributed by atoms with Gasteiger partial charge < -0.3 is 0 Å². The minimum absolute atomic E-state index is 0.139. The van der Waals surface area contributed by atoms with Gasteiger partial charge in [-0.25, -0.2) is 12.4 Å². The number of aromatic nitrogens is 1. The van der Waals surface area contributed by atoms with Gasteiger partial charge in [0.15, 0.2) is 5.78 Å². The molecule has 1 aliphatic carbocycles. The van der Waals surface area contributed by atoms with Gasteiger partial charge in [-0.1, -0.05) is 24.8 Å². The number of carbonyl (C=O) groups is 1. The second-order valence-electron chi connectivity index (χ2n) is 4.80. The largest absolute Gasteiger partial charge is 0.289 e. The molecule has 1 heterocycles. The predicted molar refractivity (Wildman–Crippen MR) is 74.0 cm³/mol. The number of rotatable bonds is 1. The van der Waals surface area contributed by atoms with Crippen molar-refractivity contribution in [1.29, 1.82) is 0 Å². The third kappa shape index (κ3) is 1.65. The molecule has 0 atom stereocenters. The van der Waals surface area contributed by atoms with E-state index in [2.05, 4.69) is 6.58 Å². The Labute approximate surface area is 111 Å². The van der Waals surface area contributed by atoms with Gasteiger partial charge in [0, 0.05) is 11.1 Å². The summed E-state index contributed by atoms with van der Waals surface area (Å²) in [6.45, 7) is 3.76. The molecule has 5 heteroatoms. The molecular formula is C14H13NO3S. The van der Waals surface area contributed by atoms with E-state index in [9.17, 15) is 13.2 Å². The lowest BCUT2D eigenvalue weighted by atomic mass is 9.91. The lowest BCUT2D eigenvalue weighted by molar-refractivity contribution is 0.102. The number of benzene rings is 1. The molecule has 0 spiro atoms. The molecule has 0 amide bonds. The Balaban J connectivity index is 2.53. The van der Waals surface area contributed by atoms with E-state index in [1.54, 1.807) is 24.3 Å². The maximum atomic E-state index is 12.3. The average molecular weight is 275 g/mol. The molecular weight excluding hydrogens is 262 g/mol. The van der Waals surface area contributed by atoms with Crippen LogP contribution < -0.4 is 0 Å². The molecule has 0 radical (unpaired) electrons. The van der Waals surface area contributed by atoms with Crippen LogP contribution >= 0.6 is 0 Å². The molecule has 0 aliphatic heterocycles. The van der Waals surface area contributed by atoms with Crippen molar-refractivity contribution in [3.05, 3.63) is 47.7 Å². The zero-order valence-electron chi connectivity index (χ0n) is 10.5. The third-order valence-electron chi connectivity index (χ3n) is 3.47. The van der Waals surface area contributed by atoms with Gasteiger partial charge in [-0.05, 0) is 24.5 Å². The summed E-state index contributed by atoms with van der Waals surface area (Å²) in [6, 6.07) is 7.09. The van der Waals surface area contributed by atoms with Crippen LogP contribution in [0.25, 0.3) is 10.9 Å². The fourth-order valence-corrected chi connectivity index (χ4v) is 3.78. The van der Waals surface area contributed by atoms with Gasteiger partial charge >= 0.3 is 0 Å². The molecule has 0 saturated heterocycles. The van der Waals surface area contributed by atoms with Gasteiger partial charge in [-0.3, -0.25) is 4.79 Å². The molecule has 1 aliphatic rings.